The van der Waals surface area contributed by atoms with Crippen molar-refractivity contribution < 1.29 is 4.79 Å². The molecule has 0 saturated heterocycles. The van der Waals surface area contributed by atoms with Gasteiger partial charge in [0, 0.05) is 17.3 Å². The van der Waals surface area contributed by atoms with Gasteiger partial charge >= 0.3 is 0 Å². The topological polar surface area (TPSA) is 54.4 Å². The minimum atomic E-state index is -0.234. The lowest BCUT2D eigenvalue weighted by Crippen LogP contribution is -2.34. The number of hydrogen-bond acceptors (Lipinski definition) is 3. The number of carbonyl (C=O) groups is 1. The third-order valence-electron chi connectivity index (χ3n) is 5.70. The summed E-state index contributed by atoms with van der Waals surface area (Å²) < 4.78 is 0. The number of aromatic nitrogens is 1. The summed E-state index contributed by atoms with van der Waals surface area (Å²) >= 11 is 0. The lowest BCUT2D eigenvalue weighted by Gasteiger charge is -2.34. The second kappa shape index (κ2) is 4.40. The molecular formula is C16H21N3O. The third kappa shape index (κ3) is 1.78. The van der Waals surface area contributed by atoms with E-state index in [0.717, 1.165) is 12.1 Å². The Hall–Kier alpha value is -1.71. The van der Waals surface area contributed by atoms with Crippen molar-refractivity contribution in [1.82, 2.24) is 10.4 Å². The molecule has 0 radical (unpaired) electrons. The van der Waals surface area contributed by atoms with Gasteiger partial charge in [-0.05, 0) is 42.7 Å². The molecule has 20 heavy (non-hydrogen) atoms. The molecule has 2 atom stereocenters. The Bertz CT molecular complexity index is 564. The maximum Gasteiger partial charge on any atom is 0.289 e. The Kier molecular flexibility index (Phi) is 2.92. The second-order valence-electron chi connectivity index (χ2n) is 6.71. The Balaban J connectivity index is 1.77. The Labute approximate surface area is 119 Å². The number of carbonyl (C=O) groups excluding carboxylic acids is 1. The molecule has 3 rings (SSSR count). The Morgan fingerprint density at radius 3 is 2.75 bits per heavy atom. The Morgan fingerprint density at radius 1 is 1.40 bits per heavy atom. The van der Waals surface area contributed by atoms with Gasteiger partial charge in [0.25, 0.3) is 5.91 Å². The summed E-state index contributed by atoms with van der Waals surface area (Å²) in [6.45, 7) is 6.94. The number of rotatable bonds is 2. The molecule has 2 aliphatic carbocycles. The van der Waals surface area contributed by atoms with Gasteiger partial charge < -0.3 is 0 Å². The van der Waals surface area contributed by atoms with Crippen LogP contribution in [0.25, 0.3) is 0 Å². The number of pyridine rings is 1. The fraction of sp³-hybridized carbons (Fsp3) is 0.562. The van der Waals surface area contributed by atoms with Crippen LogP contribution >= 0.6 is 0 Å². The number of amides is 1. The fourth-order valence-electron chi connectivity index (χ4n) is 3.77. The van der Waals surface area contributed by atoms with Crippen LogP contribution < -0.4 is 5.43 Å². The molecule has 1 amide bonds. The molecule has 1 N–H and O–H groups in total. The van der Waals surface area contributed by atoms with E-state index in [-0.39, 0.29) is 16.7 Å². The largest absolute Gasteiger partial charge is 0.289 e. The maximum atomic E-state index is 12.0. The summed E-state index contributed by atoms with van der Waals surface area (Å²) in [6.07, 6.45) is 5.07. The van der Waals surface area contributed by atoms with Crippen molar-refractivity contribution in [3.8, 4) is 0 Å². The summed E-state index contributed by atoms with van der Waals surface area (Å²) in [7, 11) is 0. The first kappa shape index (κ1) is 13.3. The van der Waals surface area contributed by atoms with Gasteiger partial charge in [0.15, 0.2) is 0 Å². The number of fused-ring (bicyclic) bond motifs is 2. The number of hydrogen-bond donors (Lipinski definition) is 1. The monoisotopic (exact) mass is 271 g/mol. The number of nitrogens with one attached hydrogen (secondary N) is 1. The molecule has 2 aliphatic rings. The average Bonchev–Trinajstić information content (AvgIpc) is 2.78. The molecule has 0 unspecified atom stereocenters. The summed E-state index contributed by atoms with van der Waals surface area (Å²) in [5.74, 6) is 0.459. The molecule has 2 saturated carbocycles. The normalized spacial score (nSPS) is 32.5. The van der Waals surface area contributed by atoms with E-state index < -0.39 is 0 Å². The lowest BCUT2D eigenvalue weighted by molar-refractivity contribution is 0.0949. The molecule has 1 aromatic heterocycles. The van der Waals surface area contributed by atoms with Crippen molar-refractivity contribution >= 4 is 11.6 Å². The molecule has 0 aromatic carbocycles. The van der Waals surface area contributed by atoms with E-state index in [4.69, 9.17) is 0 Å². The smallest absolute Gasteiger partial charge is 0.266 e. The molecular weight excluding hydrogens is 250 g/mol. The zero-order chi connectivity index (χ0) is 14.4. The lowest BCUT2D eigenvalue weighted by atomic mass is 9.70. The predicted octanol–water partition coefficient (Wildman–Crippen LogP) is 3.01. The summed E-state index contributed by atoms with van der Waals surface area (Å²) in [5, 5.41) is 4.43. The van der Waals surface area contributed by atoms with E-state index in [1.54, 1.807) is 24.4 Å². The molecule has 106 valence electrons. The first-order valence-electron chi connectivity index (χ1n) is 7.23. The van der Waals surface area contributed by atoms with Crippen LogP contribution in [0.3, 0.4) is 0 Å². The van der Waals surface area contributed by atoms with Crippen LogP contribution in [0.2, 0.25) is 0 Å². The van der Waals surface area contributed by atoms with E-state index in [1.807, 2.05) is 0 Å². The van der Waals surface area contributed by atoms with Crippen molar-refractivity contribution in [3.63, 3.8) is 0 Å². The first-order valence-corrected chi connectivity index (χ1v) is 7.23. The maximum absolute atomic E-state index is 12.0. The summed E-state index contributed by atoms with van der Waals surface area (Å²) in [4.78, 5) is 16.0. The Morgan fingerprint density at radius 2 is 2.20 bits per heavy atom. The van der Waals surface area contributed by atoms with Crippen LogP contribution in [0, 0.1) is 16.7 Å². The van der Waals surface area contributed by atoms with Crippen molar-refractivity contribution in [2.24, 2.45) is 21.8 Å². The van der Waals surface area contributed by atoms with Crippen LogP contribution in [-0.4, -0.2) is 16.6 Å². The highest BCUT2D eigenvalue weighted by atomic mass is 16.2. The number of hydrazone groups is 1. The predicted molar refractivity (Wildman–Crippen MR) is 78.4 cm³/mol. The van der Waals surface area contributed by atoms with E-state index in [9.17, 15) is 4.79 Å². The van der Waals surface area contributed by atoms with E-state index in [0.29, 0.717) is 11.6 Å². The van der Waals surface area contributed by atoms with Gasteiger partial charge in [-0.1, -0.05) is 26.8 Å². The minimum absolute atomic E-state index is 0.120. The van der Waals surface area contributed by atoms with Crippen molar-refractivity contribution in [2.45, 2.75) is 40.0 Å². The zero-order valence-corrected chi connectivity index (χ0v) is 12.3. The zero-order valence-electron chi connectivity index (χ0n) is 12.3. The third-order valence-corrected chi connectivity index (χ3v) is 5.70. The fourth-order valence-corrected chi connectivity index (χ4v) is 3.77. The van der Waals surface area contributed by atoms with E-state index in [2.05, 4.69) is 36.3 Å². The highest BCUT2D eigenvalue weighted by Crippen LogP contribution is 2.63. The van der Waals surface area contributed by atoms with Gasteiger partial charge in [0.05, 0.1) is 0 Å². The van der Waals surface area contributed by atoms with Gasteiger partial charge in [-0.25, -0.2) is 5.43 Å². The molecule has 0 aliphatic heterocycles. The van der Waals surface area contributed by atoms with Gasteiger partial charge in [0.2, 0.25) is 0 Å². The van der Waals surface area contributed by atoms with Gasteiger partial charge in [0.1, 0.15) is 5.69 Å². The standard InChI is InChI=1S/C16H21N3O/c1-15(2)11-7-8-16(15,3)13(10-11)18-19-14(20)12-6-4-5-9-17-12/h4-6,9,11H,7-8,10H2,1-3H3,(H,19,20)/b18-13+/t11-,16-/m1/s1. The van der Waals surface area contributed by atoms with E-state index >= 15 is 0 Å². The van der Waals surface area contributed by atoms with E-state index in [1.165, 1.54) is 12.8 Å². The number of nitrogens with zero attached hydrogens (tertiary/aromatic N) is 2. The SMILES string of the molecule is CC1(C)[C@@H]2CC[C@]1(C)/C(=N/NC(=O)c1ccccn1)C2. The van der Waals surface area contributed by atoms with Crippen LogP contribution in [0.4, 0.5) is 0 Å². The summed E-state index contributed by atoms with van der Waals surface area (Å²) in [6, 6.07) is 5.29. The highest BCUT2D eigenvalue weighted by molar-refractivity contribution is 5.97. The van der Waals surface area contributed by atoms with Crippen molar-refractivity contribution in [2.75, 3.05) is 0 Å². The first-order chi connectivity index (χ1) is 9.45. The van der Waals surface area contributed by atoms with Crippen LogP contribution in [-0.2, 0) is 0 Å². The second-order valence-corrected chi connectivity index (χ2v) is 6.71. The van der Waals surface area contributed by atoms with Crippen LogP contribution in [0.15, 0.2) is 29.5 Å². The quantitative estimate of drug-likeness (QED) is 0.841. The molecule has 2 bridgehead atoms. The van der Waals surface area contributed by atoms with Crippen LogP contribution in [0.1, 0.15) is 50.5 Å². The molecule has 1 aromatic rings. The molecule has 4 heteroatoms. The molecule has 4 nitrogen and oxygen atoms in total. The van der Waals surface area contributed by atoms with Gasteiger partial charge in [-0.2, -0.15) is 5.10 Å². The van der Waals surface area contributed by atoms with Gasteiger partial charge in [-0.3, -0.25) is 9.78 Å². The van der Waals surface area contributed by atoms with Crippen LogP contribution in [0.5, 0.6) is 0 Å². The van der Waals surface area contributed by atoms with Crippen molar-refractivity contribution in [3.05, 3.63) is 30.1 Å². The highest BCUT2D eigenvalue weighted by Gasteiger charge is 2.59. The molecule has 0 spiro atoms. The molecule has 2 fully saturated rings. The van der Waals surface area contributed by atoms with Crippen molar-refractivity contribution in [1.29, 1.82) is 0 Å². The molecule has 1 heterocycles. The van der Waals surface area contributed by atoms with Gasteiger partial charge in [-0.15, -0.1) is 0 Å². The summed E-state index contributed by atoms with van der Waals surface area (Å²) in [5.41, 5.74) is 4.62. The average molecular weight is 271 g/mol. The minimum Gasteiger partial charge on any atom is -0.266 e.